The zero-order valence-electron chi connectivity index (χ0n) is 16.8. The second-order valence-corrected chi connectivity index (χ2v) is 8.58. The van der Waals surface area contributed by atoms with E-state index in [0.717, 1.165) is 23.0 Å². The number of aromatic nitrogens is 5. The summed E-state index contributed by atoms with van der Waals surface area (Å²) < 4.78 is 9.53. The van der Waals surface area contributed by atoms with Crippen LogP contribution in [0.4, 0.5) is 0 Å². The molecule has 0 radical (unpaired) electrons. The Labute approximate surface area is 176 Å². The molecular weight excluding hydrogens is 398 g/mol. The Hall–Kier alpha value is -3.13. The maximum Gasteiger partial charge on any atom is 0.262 e. The summed E-state index contributed by atoms with van der Waals surface area (Å²) in [5.74, 6) is 2.21. The average Bonchev–Trinajstić information content (AvgIpc) is 3.36. The molecule has 0 fully saturated rings. The molecule has 152 valence electrons. The maximum atomic E-state index is 13.1. The Kier molecular flexibility index (Phi) is 4.78. The molecule has 5 aromatic rings. The van der Waals surface area contributed by atoms with Crippen molar-refractivity contribution in [3.8, 4) is 0 Å². The van der Waals surface area contributed by atoms with Crippen LogP contribution in [0, 0.1) is 5.92 Å². The number of hydrogen-bond acceptors (Lipinski definition) is 6. The molecule has 0 aliphatic heterocycles. The van der Waals surface area contributed by atoms with Crippen molar-refractivity contribution in [3.05, 3.63) is 64.8 Å². The van der Waals surface area contributed by atoms with Gasteiger partial charge in [0.05, 0.1) is 16.7 Å². The van der Waals surface area contributed by atoms with Crippen molar-refractivity contribution < 1.29 is 4.42 Å². The van der Waals surface area contributed by atoms with E-state index in [1.807, 2.05) is 52.9 Å². The molecule has 3 aromatic heterocycles. The van der Waals surface area contributed by atoms with Crippen molar-refractivity contribution in [1.82, 2.24) is 24.1 Å². The first-order chi connectivity index (χ1) is 14.6. The highest BCUT2D eigenvalue weighted by Crippen LogP contribution is 2.26. The van der Waals surface area contributed by atoms with Gasteiger partial charge in [0.15, 0.2) is 10.7 Å². The number of aryl methyl sites for hydroxylation is 1. The van der Waals surface area contributed by atoms with Crippen LogP contribution >= 0.6 is 11.8 Å². The van der Waals surface area contributed by atoms with Gasteiger partial charge in [-0.25, -0.2) is 4.98 Å². The molecule has 5 rings (SSSR count). The summed E-state index contributed by atoms with van der Waals surface area (Å²) >= 11 is 1.50. The fourth-order valence-corrected chi connectivity index (χ4v) is 4.31. The monoisotopic (exact) mass is 419 g/mol. The third-order valence-electron chi connectivity index (χ3n) is 5.07. The third-order valence-corrected chi connectivity index (χ3v) is 5.98. The number of para-hydroxylation sites is 3. The molecule has 0 unspecified atom stereocenters. The van der Waals surface area contributed by atoms with E-state index >= 15 is 0 Å². The maximum absolute atomic E-state index is 13.1. The molecule has 0 bridgehead atoms. The summed E-state index contributed by atoms with van der Waals surface area (Å²) in [5.41, 5.74) is 2.39. The van der Waals surface area contributed by atoms with Gasteiger partial charge in [0.25, 0.3) is 5.56 Å². The van der Waals surface area contributed by atoms with Crippen LogP contribution in [0.2, 0.25) is 0 Å². The first-order valence-electron chi connectivity index (χ1n) is 9.96. The Morgan fingerprint density at radius 1 is 1.07 bits per heavy atom. The van der Waals surface area contributed by atoms with Crippen LogP contribution in [0.25, 0.3) is 27.8 Å². The molecule has 0 N–H and O–H groups in total. The summed E-state index contributed by atoms with van der Waals surface area (Å²) in [5, 5.41) is 10.1. The van der Waals surface area contributed by atoms with Crippen molar-refractivity contribution in [1.29, 1.82) is 0 Å². The lowest BCUT2D eigenvalue weighted by Crippen LogP contribution is -2.24. The third kappa shape index (κ3) is 3.27. The predicted octanol–water partition coefficient (Wildman–Crippen LogP) is 4.52. The summed E-state index contributed by atoms with van der Waals surface area (Å²) in [6, 6.07) is 15.3. The van der Waals surface area contributed by atoms with Gasteiger partial charge in [-0.3, -0.25) is 13.8 Å². The number of nitrogens with zero attached hydrogens (tertiary/aromatic N) is 5. The van der Waals surface area contributed by atoms with E-state index in [0.29, 0.717) is 40.4 Å². The smallest absolute Gasteiger partial charge is 0.262 e. The highest BCUT2D eigenvalue weighted by atomic mass is 32.2. The van der Waals surface area contributed by atoms with Crippen LogP contribution in [0.15, 0.2) is 62.9 Å². The first-order valence-corrected chi connectivity index (χ1v) is 10.9. The number of hydrogen-bond donors (Lipinski definition) is 0. The minimum absolute atomic E-state index is 0.0262. The Balaban J connectivity index is 1.58. The van der Waals surface area contributed by atoms with Gasteiger partial charge in [0.1, 0.15) is 5.52 Å². The van der Waals surface area contributed by atoms with Crippen LogP contribution < -0.4 is 5.56 Å². The Morgan fingerprint density at radius 3 is 2.70 bits per heavy atom. The van der Waals surface area contributed by atoms with Gasteiger partial charge in [-0.1, -0.05) is 49.9 Å². The van der Waals surface area contributed by atoms with Crippen LogP contribution in [0.1, 0.15) is 26.2 Å². The lowest BCUT2D eigenvalue weighted by molar-refractivity contribution is 0.512. The second-order valence-electron chi connectivity index (χ2n) is 7.64. The summed E-state index contributed by atoms with van der Waals surface area (Å²) in [7, 11) is 0. The molecule has 7 nitrogen and oxygen atoms in total. The van der Waals surface area contributed by atoms with Gasteiger partial charge in [-0.2, -0.15) is 0 Å². The molecule has 0 saturated heterocycles. The Bertz CT molecular complexity index is 1380. The molecule has 30 heavy (non-hydrogen) atoms. The molecule has 0 saturated carbocycles. The molecule has 2 aromatic carbocycles. The minimum atomic E-state index is -0.0262. The van der Waals surface area contributed by atoms with Crippen molar-refractivity contribution in [2.75, 3.05) is 0 Å². The molecular formula is C22H21N5O2S. The fraction of sp³-hybridized carbons (Fsp3) is 0.273. The van der Waals surface area contributed by atoms with Gasteiger partial charge in [-0.05, 0) is 36.6 Å². The minimum Gasteiger partial charge on any atom is -0.440 e. The molecule has 0 aliphatic carbocycles. The summed E-state index contributed by atoms with van der Waals surface area (Å²) in [6.45, 7) is 4.90. The number of fused-ring (bicyclic) bond motifs is 4. The van der Waals surface area contributed by atoms with E-state index in [4.69, 9.17) is 4.42 Å². The van der Waals surface area contributed by atoms with Gasteiger partial charge >= 0.3 is 0 Å². The highest BCUT2D eigenvalue weighted by Gasteiger charge is 2.17. The lowest BCUT2D eigenvalue weighted by atomic mass is 10.1. The zero-order chi connectivity index (χ0) is 20.7. The van der Waals surface area contributed by atoms with E-state index in [1.165, 1.54) is 11.8 Å². The molecule has 3 heterocycles. The molecule has 0 spiro atoms. The standard InChI is InChI=1S/C22H21N5O2S/c1-14(2)11-12-26-20(28)15-7-3-5-9-17(15)27-21(26)24-25-22(27)30-13-19-23-16-8-4-6-10-18(16)29-19/h3-10,14H,11-13H2,1-2H3. The quantitative estimate of drug-likeness (QED) is 0.377. The first kappa shape index (κ1) is 18.9. The predicted molar refractivity (Wildman–Crippen MR) is 118 cm³/mol. The molecule has 8 heteroatoms. The van der Waals surface area contributed by atoms with Crippen molar-refractivity contribution in [3.63, 3.8) is 0 Å². The molecule has 0 amide bonds. The van der Waals surface area contributed by atoms with Crippen LogP contribution in [-0.2, 0) is 12.3 Å². The largest absolute Gasteiger partial charge is 0.440 e. The van der Waals surface area contributed by atoms with Gasteiger partial charge < -0.3 is 4.42 Å². The highest BCUT2D eigenvalue weighted by molar-refractivity contribution is 7.98. The molecule has 0 aliphatic rings. The van der Waals surface area contributed by atoms with Crippen molar-refractivity contribution >= 4 is 39.5 Å². The van der Waals surface area contributed by atoms with E-state index in [1.54, 1.807) is 4.57 Å². The van der Waals surface area contributed by atoms with Crippen molar-refractivity contribution in [2.45, 2.75) is 37.7 Å². The van der Waals surface area contributed by atoms with E-state index < -0.39 is 0 Å². The fourth-order valence-electron chi connectivity index (χ4n) is 3.52. The zero-order valence-corrected chi connectivity index (χ0v) is 17.6. The number of benzene rings is 2. The number of thioether (sulfide) groups is 1. The van der Waals surface area contributed by atoms with Gasteiger partial charge in [0.2, 0.25) is 11.7 Å². The van der Waals surface area contributed by atoms with Crippen LogP contribution in [0.5, 0.6) is 0 Å². The summed E-state index contributed by atoms with van der Waals surface area (Å²) in [6.07, 6.45) is 0.895. The second kappa shape index (κ2) is 7.60. The van der Waals surface area contributed by atoms with Gasteiger partial charge in [0, 0.05) is 6.54 Å². The van der Waals surface area contributed by atoms with E-state index in [-0.39, 0.29) is 5.56 Å². The van der Waals surface area contributed by atoms with Crippen LogP contribution in [0.3, 0.4) is 0 Å². The van der Waals surface area contributed by atoms with Crippen LogP contribution in [-0.4, -0.2) is 24.1 Å². The average molecular weight is 420 g/mol. The van der Waals surface area contributed by atoms with E-state index in [2.05, 4.69) is 29.0 Å². The number of oxazole rings is 1. The number of rotatable bonds is 6. The normalized spacial score (nSPS) is 12.0. The van der Waals surface area contributed by atoms with Gasteiger partial charge in [-0.15, -0.1) is 10.2 Å². The Morgan fingerprint density at radius 2 is 1.87 bits per heavy atom. The van der Waals surface area contributed by atoms with Crippen molar-refractivity contribution in [2.24, 2.45) is 5.92 Å². The van der Waals surface area contributed by atoms with E-state index in [9.17, 15) is 4.79 Å². The SMILES string of the molecule is CC(C)CCn1c(=O)c2ccccc2n2c(SCc3nc4ccccc4o3)nnc12. The lowest BCUT2D eigenvalue weighted by Gasteiger charge is -2.12. The molecule has 0 atom stereocenters. The summed E-state index contributed by atoms with van der Waals surface area (Å²) in [4.78, 5) is 17.6. The topological polar surface area (TPSA) is 78.2 Å².